The quantitative estimate of drug-likeness (QED) is 0.558. The number of halogens is 1. The van der Waals surface area contributed by atoms with Crippen LogP contribution in [0.1, 0.15) is 10.4 Å². The highest BCUT2D eigenvalue weighted by Gasteiger charge is 2.18. The average Bonchev–Trinajstić information content (AvgIpc) is 3.19. The predicted molar refractivity (Wildman–Crippen MR) is 102 cm³/mol. The first-order chi connectivity index (χ1) is 13.2. The van der Waals surface area contributed by atoms with Crippen LogP contribution in [0.25, 0.3) is 22.8 Å². The molecule has 2 heterocycles. The highest BCUT2D eigenvalue weighted by atomic mass is 35.5. The summed E-state index contributed by atoms with van der Waals surface area (Å²) in [4.78, 5) is 21.1. The first kappa shape index (κ1) is 16.9. The number of benzene rings is 2. The Labute approximate surface area is 159 Å². The fraction of sp³-hybridized carbons (Fsp3) is 0. The molecule has 0 fully saturated rings. The van der Waals surface area contributed by atoms with Crippen LogP contribution in [0.3, 0.4) is 0 Å². The van der Waals surface area contributed by atoms with E-state index in [1.165, 1.54) is 0 Å². The highest BCUT2D eigenvalue weighted by Crippen LogP contribution is 2.26. The van der Waals surface area contributed by atoms with Gasteiger partial charge < -0.3 is 9.84 Å². The van der Waals surface area contributed by atoms with Gasteiger partial charge in [-0.3, -0.25) is 9.78 Å². The lowest BCUT2D eigenvalue weighted by Crippen LogP contribution is -2.13. The minimum Gasteiger partial charge on any atom is -0.334 e. The van der Waals surface area contributed by atoms with Crippen molar-refractivity contribution in [3.63, 3.8) is 0 Å². The van der Waals surface area contributed by atoms with Gasteiger partial charge in [-0.15, -0.1) is 0 Å². The number of amides is 1. The summed E-state index contributed by atoms with van der Waals surface area (Å²) in [5.41, 5.74) is 2.34. The molecule has 0 saturated carbocycles. The SMILES string of the molecule is O=C(Nc1cccnc1)c1ccccc1-c1nc(-c2ccc(Cl)cc2)no1. The normalized spacial score (nSPS) is 10.6. The Morgan fingerprint density at radius 2 is 1.81 bits per heavy atom. The van der Waals surface area contributed by atoms with Gasteiger partial charge in [0.15, 0.2) is 0 Å². The Balaban J connectivity index is 1.65. The monoisotopic (exact) mass is 376 g/mol. The zero-order chi connectivity index (χ0) is 18.6. The van der Waals surface area contributed by atoms with E-state index >= 15 is 0 Å². The van der Waals surface area contributed by atoms with Crippen LogP contribution in [0.4, 0.5) is 5.69 Å². The molecule has 2 aromatic carbocycles. The molecule has 27 heavy (non-hydrogen) atoms. The van der Waals surface area contributed by atoms with Crippen molar-refractivity contribution in [2.24, 2.45) is 0 Å². The molecule has 0 saturated heterocycles. The third-order valence-corrected chi connectivity index (χ3v) is 4.10. The number of carbonyl (C=O) groups excluding carboxylic acids is 1. The standard InChI is InChI=1S/C20H13ClN4O2/c21-14-9-7-13(8-10-14)18-24-20(27-25-18)17-6-2-1-5-16(17)19(26)23-15-4-3-11-22-12-15/h1-12H,(H,23,26). The van der Waals surface area contributed by atoms with Crippen molar-refractivity contribution >= 4 is 23.2 Å². The summed E-state index contributed by atoms with van der Waals surface area (Å²) in [6.45, 7) is 0. The summed E-state index contributed by atoms with van der Waals surface area (Å²) >= 11 is 5.91. The van der Waals surface area contributed by atoms with Crippen molar-refractivity contribution in [3.8, 4) is 22.8 Å². The molecule has 0 atom stereocenters. The molecule has 0 aliphatic rings. The number of hydrogen-bond donors (Lipinski definition) is 1. The minimum absolute atomic E-state index is 0.261. The van der Waals surface area contributed by atoms with E-state index in [-0.39, 0.29) is 11.8 Å². The smallest absolute Gasteiger partial charge is 0.259 e. The van der Waals surface area contributed by atoms with Crippen LogP contribution in [0.2, 0.25) is 5.02 Å². The summed E-state index contributed by atoms with van der Waals surface area (Å²) < 4.78 is 5.39. The molecular weight excluding hydrogens is 364 g/mol. The molecule has 6 nitrogen and oxygen atoms in total. The van der Waals surface area contributed by atoms with E-state index in [0.717, 1.165) is 5.56 Å². The topological polar surface area (TPSA) is 80.9 Å². The van der Waals surface area contributed by atoms with Crippen molar-refractivity contribution in [2.75, 3.05) is 5.32 Å². The summed E-state index contributed by atoms with van der Waals surface area (Å²) in [5.74, 6) is 0.394. The van der Waals surface area contributed by atoms with Crippen LogP contribution in [-0.4, -0.2) is 21.0 Å². The lowest BCUT2D eigenvalue weighted by atomic mass is 10.1. The third kappa shape index (κ3) is 3.70. The van der Waals surface area contributed by atoms with E-state index in [0.29, 0.717) is 27.7 Å². The Kier molecular flexibility index (Phi) is 4.63. The van der Waals surface area contributed by atoms with Crippen LogP contribution in [0, 0.1) is 0 Å². The van der Waals surface area contributed by atoms with Gasteiger partial charge in [0.25, 0.3) is 11.8 Å². The second-order valence-corrected chi connectivity index (χ2v) is 6.11. The highest BCUT2D eigenvalue weighted by molar-refractivity contribution is 6.30. The second-order valence-electron chi connectivity index (χ2n) is 5.67. The van der Waals surface area contributed by atoms with Crippen LogP contribution < -0.4 is 5.32 Å². The predicted octanol–water partition coefficient (Wildman–Crippen LogP) is 4.70. The molecule has 0 aliphatic carbocycles. The van der Waals surface area contributed by atoms with Gasteiger partial charge >= 0.3 is 0 Å². The molecule has 2 aromatic heterocycles. The Morgan fingerprint density at radius 1 is 1.00 bits per heavy atom. The number of pyridine rings is 1. The molecule has 7 heteroatoms. The average molecular weight is 377 g/mol. The van der Waals surface area contributed by atoms with E-state index in [2.05, 4.69) is 20.4 Å². The molecule has 0 radical (unpaired) electrons. The molecular formula is C20H13ClN4O2. The molecule has 0 unspecified atom stereocenters. The summed E-state index contributed by atoms with van der Waals surface area (Å²) in [5, 5.41) is 7.44. The largest absolute Gasteiger partial charge is 0.334 e. The van der Waals surface area contributed by atoms with Gasteiger partial charge in [-0.25, -0.2) is 0 Å². The lowest BCUT2D eigenvalue weighted by molar-refractivity contribution is 0.102. The van der Waals surface area contributed by atoms with Crippen molar-refractivity contribution in [3.05, 3.63) is 83.6 Å². The molecule has 0 spiro atoms. The van der Waals surface area contributed by atoms with E-state index in [1.54, 1.807) is 67.0 Å². The molecule has 4 aromatic rings. The maximum atomic E-state index is 12.7. The number of rotatable bonds is 4. The minimum atomic E-state index is -0.287. The Morgan fingerprint density at radius 3 is 2.59 bits per heavy atom. The van der Waals surface area contributed by atoms with E-state index in [9.17, 15) is 4.79 Å². The molecule has 0 bridgehead atoms. The van der Waals surface area contributed by atoms with Crippen molar-refractivity contribution in [1.82, 2.24) is 15.1 Å². The number of nitrogens with zero attached hydrogens (tertiary/aromatic N) is 3. The number of hydrogen-bond acceptors (Lipinski definition) is 5. The number of carbonyl (C=O) groups is 1. The third-order valence-electron chi connectivity index (χ3n) is 3.85. The first-order valence-electron chi connectivity index (χ1n) is 8.11. The zero-order valence-corrected chi connectivity index (χ0v) is 14.7. The first-order valence-corrected chi connectivity index (χ1v) is 8.49. The van der Waals surface area contributed by atoms with Crippen molar-refractivity contribution < 1.29 is 9.32 Å². The molecule has 1 N–H and O–H groups in total. The van der Waals surface area contributed by atoms with Gasteiger partial charge in [-0.05, 0) is 48.5 Å². The van der Waals surface area contributed by atoms with Gasteiger partial charge in [-0.2, -0.15) is 4.98 Å². The van der Waals surface area contributed by atoms with Crippen molar-refractivity contribution in [2.45, 2.75) is 0 Å². The van der Waals surface area contributed by atoms with Crippen LogP contribution in [-0.2, 0) is 0 Å². The zero-order valence-electron chi connectivity index (χ0n) is 14.0. The fourth-order valence-corrected chi connectivity index (χ4v) is 2.68. The molecule has 1 amide bonds. The van der Waals surface area contributed by atoms with Crippen LogP contribution in [0.15, 0.2) is 77.6 Å². The maximum Gasteiger partial charge on any atom is 0.259 e. The number of nitrogens with one attached hydrogen (secondary N) is 1. The van der Waals surface area contributed by atoms with Crippen LogP contribution >= 0.6 is 11.6 Å². The van der Waals surface area contributed by atoms with E-state index in [4.69, 9.17) is 16.1 Å². The fourth-order valence-electron chi connectivity index (χ4n) is 2.55. The van der Waals surface area contributed by atoms with Gasteiger partial charge in [0.1, 0.15) is 0 Å². The van der Waals surface area contributed by atoms with E-state index < -0.39 is 0 Å². The van der Waals surface area contributed by atoms with Gasteiger partial charge in [0.05, 0.1) is 23.0 Å². The molecule has 4 rings (SSSR count). The Bertz CT molecular complexity index is 1080. The lowest BCUT2D eigenvalue weighted by Gasteiger charge is -2.07. The van der Waals surface area contributed by atoms with Crippen LogP contribution in [0.5, 0.6) is 0 Å². The second kappa shape index (κ2) is 7.39. The van der Waals surface area contributed by atoms with E-state index in [1.807, 2.05) is 6.07 Å². The summed E-state index contributed by atoms with van der Waals surface area (Å²) in [7, 11) is 0. The maximum absolute atomic E-state index is 12.7. The van der Waals surface area contributed by atoms with Gasteiger partial charge in [-0.1, -0.05) is 28.9 Å². The van der Waals surface area contributed by atoms with Crippen molar-refractivity contribution in [1.29, 1.82) is 0 Å². The number of anilines is 1. The molecule has 0 aliphatic heterocycles. The Hall–Kier alpha value is -3.51. The van der Waals surface area contributed by atoms with Gasteiger partial charge in [0.2, 0.25) is 5.82 Å². The molecule has 132 valence electrons. The van der Waals surface area contributed by atoms with Gasteiger partial charge in [0, 0.05) is 16.8 Å². The summed E-state index contributed by atoms with van der Waals surface area (Å²) in [6, 6.07) is 17.7. The summed E-state index contributed by atoms with van der Waals surface area (Å²) in [6.07, 6.45) is 3.21. The number of aromatic nitrogens is 3.